The molecular weight excluding hydrogens is 160 g/mol. The maximum atomic E-state index is 11.2. The van der Waals surface area contributed by atoms with Crippen LogP contribution in [0.1, 0.15) is 19.3 Å². The van der Waals surface area contributed by atoms with Crippen molar-refractivity contribution in [2.45, 2.75) is 25.4 Å². The number of carbonyl (C=O) groups excluding carboxylic acids is 2. The highest BCUT2D eigenvalue weighted by Crippen LogP contribution is 2.14. The lowest BCUT2D eigenvalue weighted by Crippen LogP contribution is -2.22. The Morgan fingerprint density at radius 1 is 1.58 bits per heavy atom. The summed E-state index contributed by atoms with van der Waals surface area (Å²) in [6, 6.07) is 0. The summed E-state index contributed by atoms with van der Waals surface area (Å²) >= 11 is 0. The van der Waals surface area contributed by atoms with Crippen molar-refractivity contribution in [3.63, 3.8) is 0 Å². The third-order valence-electron chi connectivity index (χ3n) is 1.84. The Bertz CT molecular complexity index is 181. The fourth-order valence-electron chi connectivity index (χ4n) is 1.16. The molecule has 1 rings (SSSR count). The zero-order valence-corrected chi connectivity index (χ0v) is 7.04. The summed E-state index contributed by atoms with van der Waals surface area (Å²) in [5.41, 5.74) is 0. The lowest BCUT2D eigenvalue weighted by molar-refractivity contribution is -0.145. The van der Waals surface area contributed by atoms with Gasteiger partial charge in [0, 0.05) is 6.61 Å². The van der Waals surface area contributed by atoms with E-state index in [0.717, 1.165) is 12.8 Å². The predicted octanol–water partition coefficient (Wildman–Crippen LogP) is 0.298. The minimum atomic E-state index is -0.490. The van der Waals surface area contributed by atoms with Crippen molar-refractivity contribution in [3.05, 3.63) is 0 Å². The average molecular weight is 172 g/mol. The fourth-order valence-corrected chi connectivity index (χ4v) is 1.16. The van der Waals surface area contributed by atoms with Gasteiger partial charge in [0.25, 0.3) is 0 Å². The van der Waals surface area contributed by atoms with Gasteiger partial charge in [-0.05, 0) is 12.8 Å². The van der Waals surface area contributed by atoms with E-state index in [1.807, 2.05) is 0 Å². The number of hydrogen-bond acceptors (Lipinski definition) is 4. The van der Waals surface area contributed by atoms with E-state index in [1.165, 1.54) is 7.11 Å². The van der Waals surface area contributed by atoms with Gasteiger partial charge in [-0.2, -0.15) is 0 Å². The Balaban J connectivity index is 2.32. The number of esters is 1. The SMILES string of the molecule is COC(=O)CC(=O)[C@@H]1CCCO1. The molecule has 0 aromatic rings. The topological polar surface area (TPSA) is 52.6 Å². The average Bonchev–Trinajstić information content (AvgIpc) is 2.56. The molecule has 68 valence electrons. The third kappa shape index (κ3) is 2.30. The lowest BCUT2D eigenvalue weighted by Gasteiger charge is -2.05. The monoisotopic (exact) mass is 172 g/mol. The molecule has 4 heteroatoms. The molecule has 1 saturated heterocycles. The molecule has 0 aromatic carbocycles. The molecule has 4 nitrogen and oxygen atoms in total. The van der Waals surface area contributed by atoms with Gasteiger partial charge in [0.15, 0.2) is 5.78 Å². The van der Waals surface area contributed by atoms with Crippen LogP contribution in [0.25, 0.3) is 0 Å². The minimum Gasteiger partial charge on any atom is -0.469 e. The van der Waals surface area contributed by atoms with E-state index in [9.17, 15) is 9.59 Å². The molecule has 0 aliphatic carbocycles. The van der Waals surface area contributed by atoms with Crippen LogP contribution >= 0.6 is 0 Å². The summed E-state index contributed by atoms with van der Waals surface area (Å²) in [5.74, 6) is -0.658. The summed E-state index contributed by atoms with van der Waals surface area (Å²) < 4.78 is 9.47. The van der Waals surface area contributed by atoms with Gasteiger partial charge in [0.2, 0.25) is 0 Å². The molecule has 1 heterocycles. The highest BCUT2D eigenvalue weighted by Gasteiger charge is 2.25. The standard InChI is InChI=1S/C8H12O4/c1-11-8(10)5-6(9)7-3-2-4-12-7/h7H,2-5H2,1H3/t7-/m0/s1. The number of carbonyl (C=O) groups is 2. The molecule has 0 amide bonds. The molecule has 1 fully saturated rings. The van der Waals surface area contributed by atoms with E-state index < -0.39 is 5.97 Å². The molecular formula is C8H12O4. The van der Waals surface area contributed by atoms with Gasteiger partial charge in [0.05, 0.1) is 7.11 Å². The van der Waals surface area contributed by atoms with Gasteiger partial charge in [-0.25, -0.2) is 0 Å². The van der Waals surface area contributed by atoms with Crippen LogP contribution in [0.2, 0.25) is 0 Å². The van der Waals surface area contributed by atoms with Crippen molar-refractivity contribution < 1.29 is 19.1 Å². The number of ketones is 1. The van der Waals surface area contributed by atoms with Crippen LogP contribution in [-0.4, -0.2) is 31.6 Å². The van der Waals surface area contributed by atoms with Gasteiger partial charge in [-0.1, -0.05) is 0 Å². The fraction of sp³-hybridized carbons (Fsp3) is 0.750. The second-order valence-corrected chi connectivity index (χ2v) is 2.72. The van der Waals surface area contributed by atoms with E-state index in [-0.39, 0.29) is 18.3 Å². The van der Waals surface area contributed by atoms with Crippen LogP contribution in [0.3, 0.4) is 0 Å². The quantitative estimate of drug-likeness (QED) is 0.453. The first-order valence-corrected chi connectivity index (χ1v) is 3.95. The number of ether oxygens (including phenoxy) is 2. The number of methoxy groups -OCH3 is 1. The molecule has 0 spiro atoms. The maximum absolute atomic E-state index is 11.2. The minimum absolute atomic E-state index is 0.166. The van der Waals surface area contributed by atoms with E-state index in [4.69, 9.17) is 4.74 Å². The predicted molar refractivity (Wildman–Crippen MR) is 40.6 cm³/mol. The van der Waals surface area contributed by atoms with E-state index in [2.05, 4.69) is 4.74 Å². The van der Waals surface area contributed by atoms with E-state index in [1.54, 1.807) is 0 Å². The van der Waals surface area contributed by atoms with Gasteiger partial charge >= 0.3 is 5.97 Å². The summed E-state index contributed by atoms with van der Waals surface area (Å²) in [4.78, 5) is 21.9. The summed E-state index contributed by atoms with van der Waals surface area (Å²) in [6.45, 7) is 0.623. The Morgan fingerprint density at radius 3 is 2.83 bits per heavy atom. The van der Waals surface area contributed by atoms with Crippen LogP contribution in [0, 0.1) is 0 Å². The van der Waals surface area contributed by atoms with Crippen LogP contribution in [0.5, 0.6) is 0 Å². The molecule has 0 saturated carbocycles. The molecule has 12 heavy (non-hydrogen) atoms. The number of Topliss-reactive ketones (excluding diaryl/α,β-unsaturated/α-hetero) is 1. The molecule has 0 bridgehead atoms. The van der Waals surface area contributed by atoms with Gasteiger partial charge < -0.3 is 9.47 Å². The summed E-state index contributed by atoms with van der Waals surface area (Å²) in [5, 5.41) is 0. The normalized spacial score (nSPS) is 22.2. The molecule has 1 aliphatic heterocycles. The second kappa shape index (κ2) is 4.21. The second-order valence-electron chi connectivity index (χ2n) is 2.72. The Morgan fingerprint density at radius 2 is 2.33 bits per heavy atom. The first-order chi connectivity index (χ1) is 5.74. The zero-order valence-electron chi connectivity index (χ0n) is 7.04. The van der Waals surface area contributed by atoms with Gasteiger partial charge in [0.1, 0.15) is 12.5 Å². The van der Waals surface area contributed by atoms with Crippen LogP contribution < -0.4 is 0 Å². The van der Waals surface area contributed by atoms with Gasteiger partial charge in [-0.3, -0.25) is 9.59 Å². The molecule has 0 unspecified atom stereocenters. The van der Waals surface area contributed by atoms with Crippen molar-refractivity contribution in [3.8, 4) is 0 Å². The largest absolute Gasteiger partial charge is 0.469 e. The first kappa shape index (κ1) is 9.19. The van der Waals surface area contributed by atoms with Crippen LogP contribution in [-0.2, 0) is 19.1 Å². The molecule has 0 N–H and O–H groups in total. The summed E-state index contributed by atoms with van der Waals surface area (Å²) in [6.07, 6.45) is 1.10. The van der Waals surface area contributed by atoms with Crippen molar-refractivity contribution in [1.29, 1.82) is 0 Å². The Hall–Kier alpha value is -0.900. The Labute approximate surface area is 70.8 Å². The lowest BCUT2D eigenvalue weighted by atomic mass is 10.1. The zero-order chi connectivity index (χ0) is 8.97. The van der Waals surface area contributed by atoms with Crippen molar-refractivity contribution >= 4 is 11.8 Å². The van der Waals surface area contributed by atoms with Crippen molar-refractivity contribution in [1.82, 2.24) is 0 Å². The van der Waals surface area contributed by atoms with Crippen molar-refractivity contribution in [2.24, 2.45) is 0 Å². The highest BCUT2D eigenvalue weighted by atomic mass is 16.5. The molecule has 1 atom stereocenters. The number of rotatable bonds is 3. The van der Waals surface area contributed by atoms with Crippen LogP contribution in [0.4, 0.5) is 0 Å². The van der Waals surface area contributed by atoms with Crippen molar-refractivity contribution in [2.75, 3.05) is 13.7 Å². The molecule has 0 aromatic heterocycles. The summed E-state index contributed by atoms with van der Waals surface area (Å²) in [7, 11) is 1.27. The third-order valence-corrected chi connectivity index (χ3v) is 1.84. The van der Waals surface area contributed by atoms with Gasteiger partial charge in [-0.15, -0.1) is 0 Å². The van der Waals surface area contributed by atoms with E-state index in [0.29, 0.717) is 6.61 Å². The van der Waals surface area contributed by atoms with E-state index >= 15 is 0 Å². The number of hydrogen-bond donors (Lipinski definition) is 0. The maximum Gasteiger partial charge on any atom is 0.313 e. The Kier molecular flexibility index (Phi) is 3.22. The molecule has 1 aliphatic rings. The smallest absolute Gasteiger partial charge is 0.313 e. The highest BCUT2D eigenvalue weighted by molar-refractivity contribution is 5.98. The molecule has 0 radical (unpaired) electrons. The first-order valence-electron chi connectivity index (χ1n) is 3.95. The van der Waals surface area contributed by atoms with Crippen LogP contribution in [0.15, 0.2) is 0 Å².